The molecule has 10 nitrogen and oxygen atoms in total. The van der Waals surface area contributed by atoms with E-state index in [1.54, 1.807) is 26.0 Å². The molecule has 36 heavy (non-hydrogen) atoms. The van der Waals surface area contributed by atoms with E-state index in [4.69, 9.17) is 16.4 Å². The number of benzene rings is 1. The standard InChI is InChI=1S/C22H20Br2ClFN6O4/c1-10(2)18(22(35)27-3)36-31-20(33)12-7-11(26)8-13(23)17(12)29-21(34)15-9-16(24)30-32(15)19-14(25)5-4-6-28-19/h4-10,18H,1-3H3,(H,27,35)(H,29,34)(H,31,33). The molecule has 3 N–H and O–H groups in total. The highest BCUT2D eigenvalue weighted by Crippen LogP contribution is 2.30. The van der Waals surface area contributed by atoms with Gasteiger partial charge < -0.3 is 10.6 Å². The quantitative estimate of drug-likeness (QED) is 0.314. The van der Waals surface area contributed by atoms with Crippen LogP contribution in [0.15, 0.2) is 45.6 Å². The van der Waals surface area contributed by atoms with E-state index in [1.807, 2.05) is 0 Å². The SMILES string of the molecule is CNC(=O)C(ONC(=O)c1cc(F)cc(Br)c1NC(=O)c1cc(Br)nn1-c1ncccc1Cl)C(C)C. The zero-order chi connectivity index (χ0) is 26.6. The van der Waals surface area contributed by atoms with Gasteiger partial charge in [0.2, 0.25) is 0 Å². The first kappa shape index (κ1) is 27.7. The number of amides is 3. The predicted molar refractivity (Wildman–Crippen MR) is 137 cm³/mol. The number of pyridine rings is 1. The van der Waals surface area contributed by atoms with Crippen LogP contribution in [-0.2, 0) is 9.63 Å². The summed E-state index contributed by atoms with van der Waals surface area (Å²) in [6.07, 6.45) is 0.490. The van der Waals surface area contributed by atoms with Gasteiger partial charge in [-0.25, -0.2) is 19.5 Å². The molecule has 1 atom stereocenters. The summed E-state index contributed by atoms with van der Waals surface area (Å²) < 4.78 is 15.8. The predicted octanol–water partition coefficient (Wildman–Crippen LogP) is 4.27. The summed E-state index contributed by atoms with van der Waals surface area (Å²) in [5.41, 5.74) is 1.89. The molecule has 3 amide bonds. The molecule has 0 bridgehead atoms. The number of aromatic nitrogens is 3. The molecule has 1 unspecified atom stereocenters. The fourth-order valence-electron chi connectivity index (χ4n) is 3.07. The van der Waals surface area contributed by atoms with Crippen LogP contribution in [0.3, 0.4) is 0 Å². The van der Waals surface area contributed by atoms with Gasteiger partial charge in [-0.05, 0) is 62.0 Å². The molecule has 190 valence electrons. The summed E-state index contributed by atoms with van der Waals surface area (Å²) >= 11 is 12.6. The number of nitrogens with zero attached hydrogens (tertiary/aromatic N) is 3. The van der Waals surface area contributed by atoms with Crippen LogP contribution < -0.4 is 16.1 Å². The van der Waals surface area contributed by atoms with Crippen molar-refractivity contribution >= 4 is 66.9 Å². The number of rotatable bonds is 8. The van der Waals surface area contributed by atoms with Crippen LogP contribution in [0.5, 0.6) is 0 Å². The van der Waals surface area contributed by atoms with Crippen molar-refractivity contribution in [1.82, 2.24) is 25.6 Å². The van der Waals surface area contributed by atoms with Crippen molar-refractivity contribution in [2.75, 3.05) is 12.4 Å². The van der Waals surface area contributed by atoms with Crippen LogP contribution in [0.1, 0.15) is 34.7 Å². The number of nitrogens with one attached hydrogen (secondary N) is 3. The molecule has 2 heterocycles. The van der Waals surface area contributed by atoms with Crippen LogP contribution in [-0.4, -0.2) is 45.6 Å². The van der Waals surface area contributed by atoms with E-state index in [1.165, 1.54) is 24.0 Å². The van der Waals surface area contributed by atoms with Crippen molar-refractivity contribution in [2.24, 2.45) is 5.92 Å². The Hall–Kier alpha value is -2.87. The second-order valence-electron chi connectivity index (χ2n) is 7.67. The molecule has 0 fully saturated rings. The first-order valence-electron chi connectivity index (χ1n) is 10.4. The molecule has 0 radical (unpaired) electrons. The van der Waals surface area contributed by atoms with Gasteiger partial charge in [-0.15, -0.1) is 0 Å². The van der Waals surface area contributed by atoms with Crippen LogP contribution in [0.25, 0.3) is 5.82 Å². The van der Waals surface area contributed by atoms with Crippen LogP contribution in [0, 0.1) is 11.7 Å². The lowest BCUT2D eigenvalue weighted by atomic mass is 10.1. The Morgan fingerprint density at radius 2 is 1.89 bits per heavy atom. The highest BCUT2D eigenvalue weighted by atomic mass is 79.9. The second kappa shape index (κ2) is 11.9. The number of hydroxylamine groups is 1. The van der Waals surface area contributed by atoms with Crippen molar-refractivity contribution in [3.05, 3.63) is 67.7 Å². The van der Waals surface area contributed by atoms with Gasteiger partial charge in [0.05, 0.1) is 16.3 Å². The Balaban J connectivity index is 1.92. The molecular weight excluding hydrogens is 627 g/mol. The van der Waals surface area contributed by atoms with Gasteiger partial charge in [-0.1, -0.05) is 25.4 Å². The maximum Gasteiger partial charge on any atom is 0.277 e. The Morgan fingerprint density at radius 3 is 2.53 bits per heavy atom. The minimum absolute atomic E-state index is 0.0285. The molecule has 0 saturated heterocycles. The number of anilines is 1. The van der Waals surface area contributed by atoms with Crippen LogP contribution in [0.2, 0.25) is 5.02 Å². The van der Waals surface area contributed by atoms with E-state index in [0.29, 0.717) is 4.60 Å². The Bertz CT molecular complexity index is 1320. The van der Waals surface area contributed by atoms with Crippen molar-refractivity contribution < 1.29 is 23.6 Å². The van der Waals surface area contributed by atoms with Crippen molar-refractivity contribution in [2.45, 2.75) is 20.0 Å². The van der Waals surface area contributed by atoms with Crippen molar-refractivity contribution in [3.63, 3.8) is 0 Å². The van der Waals surface area contributed by atoms with Gasteiger partial charge in [-0.2, -0.15) is 5.10 Å². The first-order chi connectivity index (χ1) is 17.0. The zero-order valence-corrected chi connectivity index (χ0v) is 23.0. The summed E-state index contributed by atoms with van der Waals surface area (Å²) in [5, 5.41) is 9.49. The third-order valence-electron chi connectivity index (χ3n) is 4.78. The molecule has 3 aromatic rings. The maximum absolute atomic E-state index is 14.2. The molecule has 14 heteroatoms. The van der Waals surface area contributed by atoms with Crippen molar-refractivity contribution in [1.29, 1.82) is 0 Å². The van der Waals surface area contributed by atoms with Crippen LogP contribution in [0.4, 0.5) is 10.1 Å². The third-order valence-corrected chi connectivity index (χ3v) is 6.09. The number of halogens is 4. The highest BCUT2D eigenvalue weighted by molar-refractivity contribution is 9.10. The molecule has 0 saturated carbocycles. The Kier molecular flexibility index (Phi) is 9.17. The minimum atomic E-state index is -0.996. The molecule has 0 spiro atoms. The van der Waals surface area contributed by atoms with E-state index < -0.39 is 29.6 Å². The molecular formula is C22H20Br2ClFN6O4. The Labute approximate surface area is 227 Å². The van der Waals surface area contributed by atoms with Gasteiger partial charge in [0.25, 0.3) is 17.7 Å². The van der Waals surface area contributed by atoms with E-state index in [-0.39, 0.29) is 38.2 Å². The average Bonchev–Trinajstić information content (AvgIpc) is 3.21. The number of hydrogen-bond acceptors (Lipinski definition) is 6. The monoisotopic (exact) mass is 644 g/mol. The van der Waals surface area contributed by atoms with Gasteiger partial charge in [0.15, 0.2) is 11.9 Å². The fraction of sp³-hybridized carbons (Fsp3) is 0.227. The maximum atomic E-state index is 14.2. The zero-order valence-electron chi connectivity index (χ0n) is 19.1. The largest absolute Gasteiger partial charge is 0.357 e. The van der Waals surface area contributed by atoms with Gasteiger partial charge in [0, 0.05) is 23.8 Å². The molecule has 0 aliphatic rings. The summed E-state index contributed by atoms with van der Waals surface area (Å²) in [5.74, 6) is -2.85. The van der Waals surface area contributed by atoms with E-state index in [2.05, 4.69) is 58.1 Å². The number of carbonyl (C=O) groups is 3. The first-order valence-corrected chi connectivity index (χ1v) is 12.3. The van der Waals surface area contributed by atoms with Crippen molar-refractivity contribution in [3.8, 4) is 5.82 Å². The minimum Gasteiger partial charge on any atom is -0.357 e. The Morgan fingerprint density at radius 1 is 1.17 bits per heavy atom. The molecule has 3 rings (SSSR count). The fourth-order valence-corrected chi connectivity index (χ4v) is 4.18. The normalized spacial score (nSPS) is 11.8. The summed E-state index contributed by atoms with van der Waals surface area (Å²) in [6.45, 7) is 3.46. The van der Waals surface area contributed by atoms with E-state index >= 15 is 0 Å². The van der Waals surface area contributed by atoms with Crippen LogP contribution >= 0.6 is 43.5 Å². The number of likely N-dealkylation sites (N-methyl/N-ethyl adjacent to an activating group) is 1. The molecule has 0 aliphatic carbocycles. The lowest BCUT2D eigenvalue weighted by molar-refractivity contribution is -0.139. The van der Waals surface area contributed by atoms with E-state index in [0.717, 1.165) is 12.1 Å². The lowest BCUT2D eigenvalue weighted by Gasteiger charge is -2.20. The van der Waals surface area contributed by atoms with Gasteiger partial charge in [0.1, 0.15) is 16.1 Å². The van der Waals surface area contributed by atoms with E-state index in [9.17, 15) is 18.8 Å². The molecule has 0 aliphatic heterocycles. The number of carbonyl (C=O) groups excluding carboxylic acids is 3. The van der Waals surface area contributed by atoms with Gasteiger partial charge >= 0.3 is 0 Å². The highest BCUT2D eigenvalue weighted by Gasteiger charge is 2.26. The topological polar surface area (TPSA) is 127 Å². The number of hydrogen-bond donors (Lipinski definition) is 3. The summed E-state index contributed by atoms with van der Waals surface area (Å²) in [4.78, 5) is 47.6. The summed E-state index contributed by atoms with van der Waals surface area (Å²) in [6, 6.07) is 6.64. The smallest absolute Gasteiger partial charge is 0.277 e. The molecule has 2 aromatic heterocycles. The lowest BCUT2D eigenvalue weighted by Crippen LogP contribution is -2.42. The second-order valence-corrected chi connectivity index (χ2v) is 9.74. The average molecular weight is 647 g/mol. The van der Waals surface area contributed by atoms with Gasteiger partial charge in [-0.3, -0.25) is 19.2 Å². The molecule has 1 aromatic carbocycles. The summed E-state index contributed by atoms with van der Waals surface area (Å²) in [7, 11) is 1.43. The third kappa shape index (κ3) is 6.27.